The van der Waals surface area contributed by atoms with E-state index in [-0.39, 0.29) is 17.0 Å². The lowest BCUT2D eigenvalue weighted by Crippen LogP contribution is -2.35. The number of aromatic amines is 1. The number of hydrogen-bond donors (Lipinski definition) is 3. The van der Waals surface area contributed by atoms with Gasteiger partial charge in [-0.25, -0.2) is 15.0 Å². The number of anilines is 1. The summed E-state index contributed by atoms with van der Waals surface area (Å²) in [7, 11) is 0. The standard InChI is InChI=1S/C22H20Cl2N6O2/c1-11(20-28-16-5-4-12(23)7-18(16)29-20)27-21-14-8-15(24)13(9-17(14)25-10-26-21)22(32)30-6-2-3-19(30)31/h4-5,7-11,19,31H,2-3,6H2,1H3,(H,28,29)(H,25,26,27). The van der Waals surface area contributed by atoms with Gasteiger partial charge in [-0.2, -0.15) is 0 Å². The van der Waals surface area contributed by atoms with Crippen LogP contribution in [0.4, 0.5) is 5.82 Å². The predicted octanol–water partition coefficient (Wildman–Crippen LogP) is 4.54. The molecule has 1 saturated heterocycles. The number of hydrogen-bond acceptors (Lipinski definition) is 6. The quantitative estimate of drug-likeness (QED) is 0.404. The van der Waals surface area contributed by atoms with Crippen molar-refractivity contribution in [2.45, 2.75) is 32.0 Å². The number of aliphatic hydroxyl groups is 1. The molecule has 10 heteroatoms. The summed E-state index contributed by atoms with van der Waals surface area (Å²) in [6.45, 7) is 2.46. The van der Waals surface area contributed by atoms with Crippen LogP contribution in [-0.4, -0.2) is 48.6 Å². The molecular formula is C22H20Cl2N6O2. The van der Waals surface area contributed by atoms with Crippen molar-refractivity contribution in [3.05, 3.63) is 58.1 Å². The molecule has 1 aliphatic rings. The molecule has 1 aliphatic heterocycles. The Hall–Kier alpha value is -2.94. The van der Waals surface area contributed by atoms with Crippen LogP contribution in [0.3, 0.4) is 0 Å². The van der Waals surface area contributed by atoms with Gasteiger partial charge in [0.15, 0.2) is 0 Å². The lowest BCUT2D eigenvalue weighted by Gasteiger charge is -2.21. The average molecular weight is 471 g/mol. The Kier molecular flexibility index (Phi) is 5.36. The van der Waals surface area contributed by atoms with E-state index in [4.69, 9.17) is 23.2 Å². The van der Waals surface area contributed by atoms with Crippen LogP contribution in [0.2, 0.25) is 10.0 Å². The summed E-state index contributed by atoms with van der Waals surface area (Å²) in [6, 6.07) is 8.63. The third-order valence-corrected chi connectivity index (χ3v) is 6.21. The topological polar surface area (TPSA) is 107 Å². The molecule has 32 heavy (non-hydrogen) atoms. The van der Waals surface area contributed by atoms with Crippen LogP contribution in [0.5, 0.6) is 0 Å². The number of rotatable bonds is 4. The summed E-state index contributed by atoms with van der Waals surface area (Å²) in [5.74, 6) is 1.00. The summed E-state index contributed by atoms with van der Waals surface area (Å²) >= 11 is 12.5. The number of imidazole rings is 1. The van der Waals surface area contributed by atoms with Gasteiger partial charge in [0, 0.05) is 17.0 Å². The lowest BCUT2D eigenvalue weighted by molar-refractivity contribution is 0.0293. The molecule has 1 fully saturated rings. The molecule has 0 aliphatic carbocycles. The van der Waals surface area contributed by atoms with Gasteiger partial charge in [-0.15, -0.1) is 0 Å². The zero-order valence-electron chi connectivity index (χ0n) is 17.1. The molecule has 0 spiro atoms. The first-order chi connectivity index (χ1) is 15.4. The largest absolute Gasteiger partial charge is 0.374 e. The Balaban J connectivity index is 1.46. The number of nitrogens with zero attached hydrogens (tertiary/aromatic N) is 4. The van der Waals surface area contributed by atoms with Gasteiger partial charge >= 0.3 is 0 Å². The number of nitrogens with one attached hydrogen (secondary N) is 2. The van der Waals surface area contributed by atoms with Gasteiger partial charge in [0.05, 0.1) is 33.2 Å². The Bertz CT molecular complexity index is 1340. The number of amides is 1. The molecule has 0 radical (unpaired) electrons. The summed E-state index contributed by atoms with van der Waals surface area (Å²) in [6.07, 6.45) is 1.98. The van der Waals surface area contributed by atoms with E-state index in [1.807, 2.05) is 19.1 Å². The van der Waals surface area contributed by atoms with Crippen LogP contribution >= 0.6 is 23.2 Å². The third-order valence-electron chi connectivity index (χ3n) is 5.66. The highest BCUT2D eigenvalue weighted by atomic mass is 35.5. The molecule has 4 aromatic rings. The third kappa shape index (κ3) is 3.74. The van der Waals surface area contributed by atoms with Crippen LogP contribution in [0, 0.1) is 0 Å². The minimum absolute atomic E-state index is 0.195. The minimum atomic E-state index is -0.781. The molecule has 2 aromatic carbocycles. The summed E-state index contributed by atoms with van der Waals surface area (Å²) in [4.78, 5) is 30.9. The van der Waals surface area contributed by atoms with Gasteiger partial charge in [-0.1, -0.05) is 23.2 Å². The first-order valence-electron chi connectivity index (χ1n) is 10.3. The molecule has 3 heterocycles. The van der Waals surface area contributed by atoms with Gasteiger partial charge in [-0.3, -0.25) is 4.79 Å². The van der Waals surface area contributed by atoms with Gasteiger partial charge < -0.3 is 20.3 Å². The van der Waals surface area contributed by atoms with E-state index in [0.717, 1.165) is 23.3 Å². The molecule has 3 N–H and O–H groups in total. The second kappa shape index (κ2) is 8.20. The van der Waals surface area contributed by atoms with E-state index in [0.29, 0.717) is 40.3 Å². The highest BCUT2D eigenvalue weighted by molar-refractivity contribution is 6.35. The van der Waals surface area contributed by atoms with Crippen molar-refractivity contribution in [2.75, 3.05) is 11.9 Å². The maximum Gasteiger partial charge on any atom is 0.257 e. The van der Waals surface area contributed by atoms with Crippen molar-refractivity contribution >= 4 is 56.9 Å². The summed E-state index contributed by atoms with van der Waals surface area (Å²) in [5, 5.41) is 15.0. The van der Waals surface area contributed by atoms with Crippen molar-refractivity contribution in [3.63, 3.8) is 0 Å². The van der Waals surface area contributed by atoms with E-state index in [1.54, 1.807) is 18.2 Å². The smallest absolute Gasteiger partial charge is 0.257 e. The monoisotopic (exact) mass is 470 g/mol. The van der Waals surface area contributed by atoms with Gasteiger partial charge in [-0.05, 0) is 50.1 Å². The Morgan fingerprint density at radius 3 is 2.88 bits per heavy atom. The molecule has 2 unspecified atom stereocenters. The molecule has 164 valence electrons. The van der Waals surface area contributed by atoms with Crippen LogP contribution in [-0.2, 0) is 0 Å². The molecule has 2 atom stereocenters. The zero-order chi connectivity index (χ0) is 22.4. The second-order valence-electron chi connectivity index (χ2n) is 7.84. The highest BCUT2D eigenvalue weighted by Crippen LogP contribution is 2.31. The van der Waals surface area contributed by atoms with E-state index >= 15 is 0 Å². The fraction of sp³-hybridized carbons (Fsp3) is 0.273. The number of aromatic nitrogens is 4. The minimum Gasteiger partial charge on any atom is -0.374 e. The van der Waals surface area contributed by atoms with Crippen molar-refractivity contribution in [2.24, 2.45) is 0 Å². The number of fused-ring (bicyclic) bond motifs is 2. The number of likely N-dealkylation sites (tertiary alicyclic amines) is 1. The van der Waals surface area contributed by atoms with Crippen molar-refractivity contribution < 1.29 is 9.90 Å². The maximum atomic E-state index is 12.9. The fourth-order valence-electron chi connectivity index (χ4n) is 3.97. The van der Waals surface area contributed by atoms with Crippen molar-refractivity contribution in [1.82, 2.24) is 24.8 Å². The number of carbonyl (C=O) groups is 1. The van der Waals surface area contributed by atoms with Crippen molar-refractivity contribution in [3.8, 4) is 0 Å². The molecule has 2 aromatic heterocycles. The fourth-order valence-corrected chi connectivity index (χ4v) is 4.38. The molecule has 1 amide bonds. The van der Waals surface area contributed by atoms with Gasteiger partial charge in [0.2, 0.25) is 0 Å². The van der Waals surface area contributed by atoms with Gasteiger partial charge in [0.25, 0.3) is 5.91 Å². The van der Waals surface area contributed by atoms with Crippen molar-refractivity contribution in [1.29, 1.82) is 0 Å². The molecule has 0 saturated carbocycles. The summed E-state index contributed by atoms with van der Waals surface area (Å²) in [5.41, 5.74) is 2.56. The normalized spacial score (nSPS) is 17.2. The Morgan fingerprint density at radius 2 is 2.09 bits per heavy atom. The first-order valence-corrected chi connectivity index (χ1v) is 11.0. The molecule has 8 nitrogen and oxygen atoms in total. The van der Waals surface area contributed by atoms with Crippen LogP contribution in [0.1, 0.15) is 42.0 Å². The predicted molar refractivity (Wildman–Crippen MR) is 124 cm³/mol. The lowest BCUT2D eigenvalue weighted by atomic mass is 10.1. The highest BCUT2D eigenvalue weighted by Gasteiger charge is 2.29. The van der Waals surface area contributed by atoms with E-state index in [9.17, 15) is 9.90 Å². The molecule has 5 rings (SSSR count). The van der Waals surface area contributed by atoms with Crippen LogP contribution in [0.25, 0.3) is 21.9 Å². The van der Waals surface area contributed by atoms with Gasteiger partial charge in [0.1, 0.15) is 24.2 Å². The SMILES string of the molecule is CC(Nc1ncnc2cc(C(=O)N3CCCC3O)c(Cl)cc12)c1nc2cc(Cl)ccc2[nH]1. The molecule has 0 bridgehead atoms. The second-order valence-corrected chi connectivity index (χ2v) is 8.69. The zero-order valence-corrected chi connectivity index (χ0v) is 18.7. The maximum absolute atomic E-state index is 12.9. The summed E-state index contributed by atoms with van der Waals surface area (Å²) < 4.78 is 0. The van der Waals surface area contributed by atoms with Crippen LogP contribution in [0.15, 0.2) is 36.7 Å². The van der Waals surface area contributed by atoms with E-state index < -0.39 is 6.23 Å². The first kappa shape index (κ1) is 20.9. The Labute approximate surface area is 193 Å². The van der Waals surface area contributed by atoms with E-state index in [1.165, 1.54) is 11.2 Å². The average Bonchev–Trinajstić information content (AvgIpc) is 3.39. The molecular weight excluding hydrogens is 451 g/mol. The van der Waals surface area contributed by atoms with Crippen LogP contribution < -0.4 is 5.32 Å². The number of H-pyrrole nitrogens is 1. The Morgan fingerprint density at radius 1 is 1.25 bits per heavy atom. The number of aliphatic hydroxyl groups excluding tert-OH is 1. The number of benzene rings is 2. The number of carbonyl (C=O) groups excluding carboxylic acids is 1. The number of halogens is 2. The van der Waals surface area contributed by atoms with E-state index in [2.05, 4.69) is 25.3 Å².